The maximum absolute atomic E-state index is 6.32. The molecular formula is C16H25ClN2. The molecular weight excluding hydrogens is 256 g/mol. The maximum Gasteiger partial charge on any atom is 0.0438 e. The number of piperazine rings is 1. The number of benzene rings is 1. The van der Waals surface area contributed by atoms with Crippen LogP contribution in [0.5, 0.6) is 0 Å². The normalized spacial score (nSPS) is 19.4. The molecule has 1 heterocycles. The van der Waals surface area contributed by atoms with Gasteiger partial charge in [-0.3, -0.25) is 4.90 Å². The minimum Gasteiger partial charge on any atom is -0.314 e. The van der Waals surface area contributed by atoms with Crippen molar-refractivity contribution in [3.05, 3.63) is 34.3 Å². The molecule has 0 aliphatic carbocycles. The van der Waals surface area contributed by atoms with Gasteiger partial charge in [0.05, 0.1) is 0 Å². The zero-order valence-electron chi connectivity index (χ0n) is 12.5. The summed E-state index contributed by atoms with van der Waals surface area (Å²) >= 11 is 6.32. The van der Waals surface area contributed by atoms with Gasteiger partial charge in [-0.15, -0.1) is 0 Å². The zero-order valence-corrected chi connectivity index (χ0v) is 13.2. The fourth-order valence-electron chi connectivity index (χ4n) is 2.98. The van der Waals surface area contributed by atoms with Gasteiger partial charge in [0.15, 0.2) is 0 Å². The summed E-state index contributed by atoms with van der Waals surface area (Å²) in [7, 11) is 0. The monoisotopic (exact) mass is 280 g/mol. The quantitative estimate of drug-likeness (QED) is 0.890. The second-order valence-electron chi connectivity index (χ2n) is 6.56. The van der Waals surface area contributed by atoms with E-state index in [1.807, 2.05) is 0 Å². The third-order valence-corrected chi connectivity index (χ3v) is 4.26. The number of nitrogens with zero attached hydrogens (tertiary/aromatic N) is 1. The van der Waals surface area contributed by atoms with Gasteiger partial charge in [0.25, 0.3) is 0 Å². The average molecular weight is 281 g/mol. The smallest absolute Gasteiger partial charge is 0.0438 e. The summed E-state index contributed by atoms with van der Waals surface area (Å²) in [5, 5.41) is 4.30. The molecule has 1 N–H and O–H groups in total. The summed E-state index contributed by atoms with van der Waals surface area (Å²) in [4.78, 5) is 2.58. The van der Waals surface area contributed by atoms with E-state index in [1.54, 1.807) is 0 Å². The van der Waals surface area contributed by atoms with Gasteiger partial charge in [0.2, 0.25) is 0 Å². The van der Waals surface area contributed by atoms with E-state index in [1.165, 1.54) is 5.56 Å². The van der Waals surface area contributed by atoms with Gasteiger partial charge in [-0.2, -0.15) is 0 Å². The van der Waals surface area contributed by atoms with Crippen LogP contribution in [0, 0.1) is 12.3 Å². The highest BCUT2D eigenvalue weighted by molar-refractivity contribution is 6.31. The Morgan fingerprint density at radius 1 is 1.21 bits per heavy atom. The molecule has 19 heavy (non-hydrogen) atoms. The Bertz CT molecular complexity index is 431. The van der Waals surface area contributed by atoms with E-state index in [0.29, 0.717) is 6.04 Å². The Balaban J connectivity index is 2.33. The molecule has 2 rings (SSSR count). The second kappa shape index (κ2) is 5.82. The van der Waals surface area contributed by atoms with Crippen LogP contribution in [-0.2, 0) is 0 Å². The number of nitrogens with one attached hydrogen (secondary N) is 1. The van der Waals surface area contributed by atoms with Crippen molar-refractivity contribution in [1.29, 1.82) is 0 Å². The lowest BCUT2D eigenvalue weighted by molar-refractivity contribution is 0.0862. The third kappa shape index (κ3) is 3.50. The minimum absolute atomic E-state index is 0.204. The highest BCUT2D eigenvalue weighted by atomic mass is 35.5. The van der Waals surface area contributed by atoms with Gasteiger partial charge in [-0.25, -0.2) is 0 Å². The predicted molar refractivity (Wildman–Crippen MR) is 82.8 cm³/mol. The molecule has 1 atom stereocenters. The number of halogens is 1. The number of rotatable bonds is 2. The molecule has 1 aromatic carbocycles. The highest BCUT2D eigenvalue weighted by Gasteiger charge is 2.32. The number of hydrogen-bond donors (Lipinski definition) is 1. The Morgan fingerprint density at radius 3 is 2.37 bits per heavy atom. The first kappa shape index (κ1) is 14.8. The highest BCUT2D eigenvalue weighted by Crippen LogP contribution is 2.39. The SMILES string of the molecule is Cc1ccc([C@H](N2CCNCC2)C(C)(C)C)cc1Cl. The van der Waals surface area contributed by atoms with Crippen LogP contribution < -0.4 is 5.32 Å². The Morgan fingerprint density at radius 2 is 1.84 bits per heavy atom. The molecule has 1 fully saturated rings. The summed E-state index contributed by atoms with van der Waals surface area (Å²) in [5.74, 6) is 0. The van der Waals surface area contributed by atoms with Crippen molar-refractivity contribution in [2.45, 2.75) is 33.7 Å². The van der Waals surface area contributed by atoms with Gasteiger partial charge in [0.1, 0.15) is 0 Å². The molecule has 0 bridgehead atoms. The summed E-state index contributed by atoms with van der Waals surface area (Å²) in [6, 6.07) is 6.94. The molecule has 0 spiro atoms. The molecule has 0 saturated carbocycles. The van der Waals surface area contributed by atoms with Crippen LogP contribution in [0.2, 0.25) is 5.02 Å². The predicted octanol–water partition coefficient (Wildman–Crippen LogP) is 3.64. The molecule has 0 amide bonds. The fraction of sp³-hybridized carbons (Fsp3) is 0.625. The van der Waals surface area contributed by atoms with E-state index in [4.69, 9.17) is 11.6 Å². The largest absolute Gasteiger partial charge is 0.314 e. The fourth-order valence-corrected chi connectivity index (χ4v) is 3.17. The Kier molecular flexibility index (Phi) is 4.54. The van der Waals surface area contributed by atoms with Crippen LogP contribution in [0.4, 0.5) is 0 Å². The van der Waals surface area contributed by atoms with E-state index in [9.17, 15) is 0 Å². The molecule has 1 saturated heterocycles. The van der Waals surface area contributed by atoms with Crippen LogP contribution in [-0.4, -0.2) is 31.1 Å². The van der Waals surface area contributed by atoms with Crippen LogP contribution >= 0.6 is 11.6 Å². The summed E-state index contributed by atoms with van der Waals surface area (Å²) < 4.78 is 0. The zero-order chi connectivity index (χ0) is 14.0. The van der Waals surface area contributed by atoms with Crippen molar-refractivity contribution in [3.63, 3.8) is 0 Å². The van der Waals surface area contributed by atoms with E-state index < -0.39 is 0 Å². The van der Waals surface area contributed by atoms with Crippen molar-refractivity contribution in [2.24, 2.45) is 5.41 Å². The van der Waals surface area contributed by atoms with E-state index in [2.05, 4.69) is 56.1 Å². The van der Waals surface area contributed by atoms with Gasteiger partial charge >= 0.3 is 0 Å². The van der Waals surface area contributed by atoms with Gasteiger partial charge in [-0.1, -0.05) is 44.5 Å². The molecule has 0 radical (unpaired) electrons. The van der Waals surface area contributed by atoms with Crippen molar-refractivity contribution in [3.8, 4) is 0 Å². The first-order valence-electron chi connectivity index (χ1n) is 7.10. The first-order chi connectivity index (χ1) is 8.89. The topological polar surface area (TPSA) is 15.3 Å². The summed E-state index contributed by atoms with van der Waals surface area (Å²) in [6.45, 7) is 13.4. The lowest BCUT2D eigenvalue weighted by atomic mass is 9.80. The van der Waals surface area contributed by atoms with E-state index in [0.717, 1.165) is 36.8 Å². The third-order valence-electron chi connectivity index (χ3n) is 3.85. The minimum atomic E-state index is 0.204. The van der Waals surface area contributed by atoms with Crippen molar-refractivity contribution >= 4 is 11.6 Å². The van der Waals surface area contributed by atoms with E-state index in [-0.39, 0.29) is 5.41 Å². The molecule has 0 aromatic heterocycles. The molecule has 1 aliphatic heterocycles. The second-order valence-corrected chi connectivity index (χ2v) is 6.97. The van der Waals surface area contributed by atoms with Crippen LogP contribution in [0.25, 0.3) is 0 Å². The first-order valence-corrected chi connectivity index (χ1v) is 7.48. The number of aryl methyl sites for hydroxylation is 1. The van der Waals surface area contributed by atoms with Crippen molar-refractivity contribution in [1.82, 2.24) is 10.2 Å². The summed E-state index contributed by atoms with van der Waals surface area (Å²) in [5.41, 5.74) is 2.69. The van der Waals surface area contributed by atoms with Crippen molar-refractivity contribution in [2.75, 3.05) is 26.2 Å². The maximum atomic E-state index is 6.32. The molecule has 106 valence electrons. The molecule has 1 aliphatic rings. The molecule has 3 heteroatoms. The standard InChI is InChI=1S/C16H25ClN2/c1-12-5-6-13(11-14(12)17)15(16(2,3)4)19-9-7-18-8-10-19/h5-6,11,15,18H,7-10H2,1-4H3/t15-/m0/s1. The average Bonchev–Trinajstić information content (AvgIpc) is 2.34. The van der Waals surface area contributed by atoms with Crippen molar-refractivity contribution < 1.29 is 0 Å². The van der Waals surface area contributed by atoms with E-state index >= 15 is 0 Å². The summed E-state index contributed by atoms with van der Waals surface area (Å²) in [6.07, 6.45) is 0. The van der Waals surface area contributed by atoms with Gasteiger partial charge in [0, 0.05) is 37.2 Å². The number of hydrogen-bond acceptors (Lipinski definition) is 2. The Hall–Kier alpha value is -0.570. The Labute approximate surface area is 122 Å². The molecule has 2 nitrogen and oxygen atoms in total. The van der Waals surface area contributed by atoms with Gasteiger partial charge < -0.3 is 5.32 Å². The van der Waals surface area contributed by atoms with Crippen LogP contribution in [0.1, 0.15) is 37.9 Å². The molecule has 0 unspecified atom stereocenters. The lowest BCUT2D eigenvalue weighted by Crippen LogP contribution is -2.48. The van der Waals surface area contributed by atoms with Gasteiger partial charge in [-0.05, 0) is 29.5 Å². The lowest BCUT2D eigenvalue weighted by Gasteiger charge is -2.42. The molecule has 1 aromatic rings. The van der Waals surface area contributed by atoms with Crippen LogP contribution in [0.3, 0.4) is 0 Å². The van der Waals surface area contributed by atoms with Crippen LogP contribution in [0.15, 0.2) is 18.2 Å².